The van der Waals surface area contributed by atoms with Gasteiger partial charge in [-0.25, -0.2) is 4.79 Å². The van der Waals surface area contributed by atoms with Gasteiger partial charge in [-0.15, -0.1) is 0 Å². The van der Waals surface area contributed by atoms with Crippen molar-refractivity contribution < 1.29 is 14.3 Å². The standard InChI is InChI=1S/C22H33N3O3/c1-16-8-6-9-18(17(16)2)23-12-14-24(15-13-23)20(26)19-10-7-11-25(19)21(27)28-22(3,4)5/h6,8-9,19H,7,10-15H2,1-5H3. The van der Waals surface area contributed by atoms with E-state index < -0.39 is 5.60 Å². The van der Waals surface area contributed by atoms with Crippen molar-refractivity contribution in [3.05, 3.63) is 29.3 Å². The van der Waals surface area contributed by atoms with Crippen LogP contribution in [0.4, 0.5) is 10.5 Å². The molecule has 0 aliphatic carbocycles. The maximum Gasteiger partial charge on any atom is 0.410 e. The molecule has 6 nitrogen and oxygen atoms in total. The van der Waals surface area contributed by atoms with Crippen LogP contribution in [-0.4, -0.2) is 66.2 Å². The van der Waals surface area contributed by atoms with Gasteiger partial charge < -0.3 is 14.5 Å². The van der Waals surface area contributed by atoms with Crippen molar-refractivity contribution in [2.75, 3.05) is 37.6 Å². The van der Waals surface area contributed by atoms with Crippen LogP contribution in [0, 0.1) is 13.8 Å². The van der Waals surface area contributed by atoms with E-state index in [4.69, 9.17) is 4.74 Å². The second-order valence-corrected chi connectivity index (χ2v) is 8.86. The van der Waals surface area contributed by atoms with Crippen molar-refractivity contribution in [2.45, 2.75) is 59.1 Å². The summed E-state index contributed by atoms with van der Waals surface area (Å²) in [5.41, 5.74) is 3.29. The number of hydrogen-bond donors (Lipinski definition) is 0. The Morgan fingerprint density at radius 2 is 1.71 bits per heavy atom. The molecule has 0 bridgehead atoms. The molecule has 0 N–H and O–H groups in total. The summed E-state index contributed by atoms with van der Waals surface area (Å²) in [7, 11) is 0. The number of hydrogen-bond acceptors (Lipinski definition) is 4. The summed E-state index contributed by atoms with van der Waals surface area (Å²) in [5, 5.41) is 0. The summed E-state index contributed by atoms with van der Waals surface area (Å²) in [6.45, 7) is 13.4. The Morgan fingerprint density at radius 3 is 2.36 bits per heavy atom. The van der Waals surface area contributed by atoms with Crippen LogP contribution in [0.15, 0.2) is 18.2 Å². The normalized spacial score (nSPS) is 20.5. The molecule has 1 atom stereocenters. The van der Waals surface area contributed by atoms with Crippen molar-refractivity contribution in [3.8, 4) is 0 Å². The van der Waals surface area contributed by atoms with Gasteiger partial charge in [0.1, 0.15) is 11.6 Å². The van der Waals surface area contributed by atoms with E-state index in [2.05, 4.69) is 36.9 Å². The zero-order valence-corrected chi connectivity index (χ0v) is 17.8. The van der Waals surface area contributed by atoms with Gasteiger partial charge in [0.25, 0.3) is 0 Å². The van der Waals surface area contributed by atoms with Crippen molar-refractivity contribution in [3.63, 3.8) is 0 Å². The molecule has 1 aromatic rings. The van der Waals surface area contributed by atoms with E-state index in [-0.39, 0.29) is 18.0 Å². The number of rotatable bonds is 2. The smallest absolute Gasteiger partial charge is 0.410 e. The quantitative estimate of drug-likeness (QED) is 0.781. The highest BCUT2D eigenvalue weighted by Crippen LogP contribution is 2.26. The summed E-state index contributed by atoms with van der Waals surface area (Å²) < 4.78 is 5.50. The molecule has 1 aromatic carbocycles. The summed E-state index contributed by atoms with van der Waals surface area (Å²) in [5.74, 6) is 0.0592. The van der Waals surface area contributed by atoms with Crippen molar-refractivity contribution >= 4 is 17.7 Å². The van der Waals surface area contributed by atoms with Gasteiger partial charge in [0.2, 0.25) is 5.91 Å². The first-order valence-electron chi connectivity index (χ1n) is 10.3. The SMILES string of the molecule is Cc1cccc(N2CCN(C(=O)C3CCCN3C(=O)OC(C)(C)C)CC2)c1C. The first-order chi connectivity index (χ1) is 13.2. The van der Waals surface area contributed by atoms with Crippen LogP contribution in [0.1, 0.15) is 44.7 Å². The van der Waals surface area contributed by atoms with Crippen LogP contribution in [0.25, 0.3) is 0 Å². The van der Waals surface area contributed by atoms with Crippen LogP contribution in [0.3, 0.4) is 0 Å². The number of likely N-dealkylation sites (tertiary alicyclic amines) is 1. The number of amides is 2. The number of piperazine rings is 1. The Bertz CT molecular complexity index is 733. The third kappa shape index (κ3) is 4.42. The first kappa shape index (κ1) is 20.5. The van der Waals surface area contributed by atoms with Crippen molar-refractivity contribution in [2.24, 2.45) is 0 Å². The lowest BCUT2D eigenvalue weighted by Crippen LogP contribution is -2.55. The van der Waals surface area contributed by atoms with Gasteiger partial charge in [0, 0.05) is 38.4 Å². The molecule has 0 spiro atoms. The molecule has 2 saturated heterocycles. The minimum atomic E-state index is -0.551. The van der Waals surface area contributed by atoms with E-state index in [0.29, 0.717) is 19.6 Å². The fourth-order valence-corrected chi connectivity index (χ4v) is 4.02. The number of benzene rings is 1. The monoisotopic (exact) mass is 387 g/mol. The summed E-state index contributed by atoms with van der Waals surface area (Å²) in [6.07, 6.45) is 1.19. The van der Waals surface area contributed by atoms with E-state index in [9.17, 15) is 9.59 Å². The Kier molecular flexibility index (Phi) is 5.87. The maximum atomic E-state index is 13.1. The molecule has 154 valence electrons. The number of aryl methyl sites for hydroxylation is 1. The molecule has 0 saturated carbocycles. The van der Waals surface area contributed by atoms with E-state index in [1.807, 2.05) is 25.7 Å². The average molecular weight is 388 g/mol. The van der Waals surface area contributed by atoms with Crippen LogP contribution >= 0.6 is 0 Å². The Balaban J connectivity index is 1.61. The van der Waals surface area contributed by atoms with Crippen molar-refractivity contribution in [1.82, 2.24) is 9.80 Å². The highest BCUT2D eigenvalue weighted by Gasteiger charge is 2.39. The van der Waals surface area contributed by atoms with Crippen molar-refractivity contribution in [1.29, 1.82) is 0 Å². The lowest BCUT2D eigenvalue weighted by Gasteiger charge is -2.39. The fraction of sp³-hybridized carbons (Fsp3) is 0.636. The minimum Gasteiger partial charge on any atom is -0.444 e. The third-order valence-electron chi connectivity index (χ3n) is 5.67. The minimum absolute atomic E-state index is 0.0592. The molecule has 2 heterocycles. The number of nitrogens with zero attached hydrogens (tertiary/aromatic N) is 3. The average Bonchev–Trinajstić information content (AvgIpc) is 3.12. The molecule has 3 rings (SSSR count). The second-order valence-electron chi connectivity index (χ2n) is 8.86. The van der Waals surface area contributed by atoms with Gasteiger partial charge in [0.15, 0.2) is 0 Å². The number of anilines is 1. The van der Waals surface area contributed by atoms with Gasteiger partial charge in [-0.3, -0.25) is 9.69 Å². The molecular formula is C22H33N3O3. The lowest BCUT2D eigenvalue weighted by atomic mass is 10.1. The number of carbonyl (C=O) groups excluding carboxylic acids is 2. The molecule has 2 fully saturated rings. The summed E-state index contributed by atoms with van der Waals surface area (Å²) in [6, 6.07) is 5.99. The molecule has 2 aliphatic heterocycles. The van der Waals surface area contributed by atoms with Crippen LogP contribution in [0.2, 0.25) is 0 Å². The van der Waals surface area contributed by atoms with Gasteiger partial charge in [-0.1, -0.05) is 12.1 Å². The van der Waals surface area contributed by atoms with Gasteiger partial charge in [-0.05, 0) is 64.7 Å². The maximum absolute atomic E-state index is 13.1. The van der Waals surface area contributed by atoms with Crippen LogP contribution < -0.4 is 4.90 Å². The molecule has 0 aromatic heterocycles. The van der Waals surface area contributed by atoms with Gasteiger partial charge in [0.05, 0.1) is 0 Å². The Morgan fingerprint density at radius 1 is 1.04 bits per heavy atom. The first-order valence-corrected chi connectivity index (χ1v) is 10.3. The molecule has 6 heteroatoms. The van der Waals surface area contributed by atoms with Gasteiger partial charge in [-0.2, -0.15) is 0 Å². The summed E-state index contributed by atoms with van der Waals surface area (Å²) in [4.78, 5) is 31.5. The fourth-order valence-electron chi connectivity index (χ4n) is 4.02. The third-order valence-corrected chi connectivity index (χ3v) is 5.67. The predicted octanol–water partition coefficient (Wildman–Crippen LogP) is 3.35. The van der Waals surface area contributed by atoms with E-state index in [0.717, 1.165) is 25.9 Å². The predicted molar refractivity (Wildman–Crippen MR) is 111 cm³/mol. The molecule has 1 unspecified atom stereocenters. The highest BCUT2D eigenvalue weighted by atomic mass is 16.6. The molecule has 0 radical (unpaired) electrons. The largest absolute Gasteiger partial charge is 0.444 e. The molecule has 2 aliphatic rings. The number of ether oxygens (including phenoxy) is 1. The van der Waals surface area contributed by atoms with E-state index in [1.54, 1.807) is 4.90 Å². The second kappa shape index (κ2) is 8.02. The Hall–Kier alpha value is -2.24. The topological polar surface area (TPSA) is 53.1 Å². The van der Waals surface area contributed by atoms with E-state index in [1.165, 1.54) is 16.8 Å². The Labute approximate surface area is 168 Å². The van der Waals surface area contributed by atoms with E-state index >= 15 is 0 Å². The zero-order chi connectivity index (χ0) is 20.5. The number of carbonyl (C=O) groups is 2. The lowest BCUT2D eigenvalue weighted by molar-refractivity contribution is -0.136. The molecule has 2 amide bonds. The molecular weight excluding hydrogens is 354 g/mol. The highest BCUT2D eigenvalue weighted by molar-refractivity contribution is 5.86. The van der Waals surface area contributed by atoms with Crippen LogP contribution in [0.5, 0.6) is 0 Å². The van der Waals surface area contributed by atoms with Gasteiger partial charge >= 0.3 is 6.09 Å². The zero-order valence-electron chi connectivity index (χ0n) is 17.8. The van der Waals surface area contributed by atoms with Crippen LogP contribution in [-0.2, 0) is 9.53 Å². The summed E-state index contributed by atoms with van der Waals surface area (Å²) >= 11 is 0. The molecule has 28 heavy (non-hydrogen) atoms.